The quantitative estimate of drug-likeness (QED) is 0.777. The van der Waals surface area contributed by atoms with E-state index in [1.807, 2.05) is 6.92 Å². The summed E-state index contributed by atoms with van der Waals surface area (Å²) in [4.78, 5) is 15.1. The molecule has 1 aromatic rings. The Hall–Kier alpha value is -1.13. The van der Waals surface area contributed by atoms with Gasteiger partial charge in [-0.2, -0.15) is 0 Å². The van der Waals surface area contributed by atoms with Gasteiger partial charge in [0.05, 0.1) is 0 Å². The lowest BCUT2D eigenvalue weighted by atomic mass is 10.4. The minimum Gasteiger partial charge on any atom is -0.372 e. The number of nitrogens with zero attached hydrogens (tertiary/aromatic N) is 1. The molecular weight excluding hydrogens is 204 g/mol. The van der Waals surface area contributed by atoms with Crippen molar-refractivity contribution in [2.45, 2.75) is 6.92 Å². The summed E-state index contributed by atoms with van der Waals surface area (Å²) in [5.74, 6) is 0.198. The van der Waals surface area contributed by atoms with E-state index >= 15 is 0 Å². The third-order valence-corrected chi connectivity index (χ3v) is 1.63. The van der Waals surface area contributed by atoms with Crippen LogP contribution < -0.4 is 5.32 Å². The second-order valence-corrected chi connectivity index (χ2v) is 2.92. The highest BCUT2D eigenvalue weighted by molar-refractivity contribution is 6.29. The summed E-state index contributed by atoms with van der Waals surface area (Å²) in [7, 11) is 0. The van der Waals surface area contributed by atoms with E-state index in [-0.39, 0.29) is 12.5 Å². The van der Waals surface area contributed by atoms with Gasteiger partial charge in [-0.05, 0) is 19.1 Å². The van der Waals surface area contributed by atoms with Crippen molar-refractivity contribution in [1.82, 2.24) is 4.98 Å². The van der Waals surface area contributed by atoms with Gasteiger partial charge in [0.15, 0.2) is 0 Å². The smallest absolute Gasteiger partial charge is 0.251 e. The van der Waals surface area contributed by atoms with Crippen LogP contribution in [0.2, 0.25) is 5.15 Å². The molecule has 0 saturated heterocycles. The van der Waals surface area contributed by atoms with Gasteiger partial charge in [0.2, 0.25) is 0 Å². The largest absolute Gasteiger partial charge is 0.372 e. The molecule has 0 aliphatic carbocycles. The van der Waals surface area contributed by atoms with Crippen LogP contribution in [0, 0.1) is 0 Å². The molecule has 0 unspecified atom stereocenters. The summed E-state index contributed by atoms with van der Waals surface area (Å²) in [5.41, 5.74) is 0. The average molecular weight is 215 g/mol. The van der Waals surface area contributed by atoms with E-state index in [1.165, 1.54) is 0 Å². The van der Waals surface area contributed by atoms with Crippen LogP contribution in [0.3, 0.4) is 0 Å². The molecule has 76 valence electrons. The second kappa shape index (κ2) is 5.57. The van der Waals surface area contributed by atoms with Crippen LogP contribution in [0.5, 0.6) is 0 Å². The third kappa shape index (κ3) is 3.72. The molecule has 0 radical (unpaired) electrons. The zero-order chi connectivity index (χ0) is 10.4. The van der Waals surface area contributed by atoms with Crippen molar-refractivity contribution in [2.75, 3.05) is 18.5 Å². The fraction of sp³-hybridized carbons (Fsp3) is 0.333. The van der Waals surface area contributed by atoms with Gasteiger partial charge in [0, 0.05) is 6.61 Å². The molecule has 0 aromatic carbocycles. The van der Waals surface area contributed by atoms with E-state index < -0.39 is 0 Å². The summed E-state index contributed by atoms with van der Waals surface area (Å²) < 4.78 is 4.92. The standard InChI is InChI=1S/C9H11ClN2O2/c1-2-14-6-9(13)12-8-5-3-4-7(10)11-8/h3-5H,2,6H2,1H3,(H,11,12,13). The highest BCUT2D eigenvalue weighted by Gasteiger charge is 2.02. The average Bonchev–Trinajstić information content (AvgIpc) is 2.15. The number of amides is 1. The van der Waals surface area contributed by atoms with Crippen molar-refractivity contribution in [3.05, 3.63) is 23.4 Å². The lowest BCUT2D eigenvalue weighted by Gasteiger charge is -2.03. The summed E-state index contributed by atoms with van der Waals surface area (Å²) in [6, 6.07) is 5.01. The van der Waals surface area contributed by atoms with E-state index in [9.17, 15) is 4.79 Å². The predicted molar refractivity (Wildman–Crippen MR) is 54.4 cm³/mol. The summed E-state index contributed by atoms with van der Waals surface area (Å²) in [5, 5.41) is 2.90. The van der Waals surface area contributed by atoms with E-state index in [0.717, 1.165) is 0 Å². The first kappa shape index (κ1) is 10.9. The molecule has 1 heterocycles. The van der Waals surface area contributed by atoms with E-state index in [4.69, 9.17) is 16.3 Å². The van der Waals surface area contributed by atoms with E-state index in [2.05, 4.69) is 10.3 Å². The fourth-order valence-electron chi connectivity index (χ4n) is 0.852. The van der Waals surface area contributed by atoms with Crippen LogP contribution in [0.15, 0.2) is 18.2 Å². The number of anilines is 1. The fourth-order valence-corrected chi connectivity index (χ4v) is 1.02. The molecule has 1 rings (SSSR count). The first-order chi connectivity index (χ1) is 6.72. The SMILES string of the molecule is CCOCC(=O)Nc1cccc(Cl)n1. The Balaban J connectivity index is 2.47. The number of rotatable bonds is 4. The van der Waals surface area contributed by atoms with Crippen molar-refractivity contribution in [3.63, 3.8) is 0 Å². The number of carbonyl (C=O) groups is 1. The minimum absolute atomic E-state index is 0.0324. The van der Waals surface area contributed by atoms with Gasteiger partial charge in [-0.25, -0.2) is 4.98 Å². The monoisotopic (exact) mass is 214 g/mol. The third-order valence-electron chi connectivity index (χ3n) is 1.42. The number of hydrogen-bond acceptors (Lipinski definition) is 3. The Kier molecular flexibility index (Phi) is 4.35. The van der Waals surface area contributed by atoms with E-state index in [1.54, 1.807) is 18.2 Å². The highest BCUT2D eigenvalue weighted by atomic mass is 35.5. The number of pyridine rings is 1. The molecule has 1 aromatic heterocycles. The van der Waals surface area contributed by atoms with Gasteiger partial charge < -0.3 is 10.1 Å². The Morgan fingerprint density at radius 1 is 1.64 bits per heavy atom. The van der Waals surface area contributed by atoms with Crippen LogP contribution in [0.1, 0.15) is 6.92 Å². The lowest BCUT2D eigenvalue weighted by molar-refractivity contribution is -0.120. The second-order valence-electron chi connectivity index (χ2n) is 2.53. The zero-order valence-corrected chi connectivity index (χ0v) is 8.54. The predicted octanol–water partition coefficient (Wildman–Crippen LogP) is 1.71. The maximum atomic E-state index is 11.2. The molecular formula is C9H11ClN2O2. The van der Waals surface area contributed by atoms with Crippen LogP contribution in [0.25, 0.3) is 0 Å². The summed E-state index contributed by atoms with van der Waals surface area (Å²) in [6.07, 6.45) is 0. The molecule has 0 aliphatic heterocycles. The number of hydrogen-bond donors (Lipinski definition) is 1. The molecule has 5 heteroatoms. The molecule has 1 N–H and O–H groups in total. The molecule has 14 heavy (non-hydrogen) atoms. The van der Waals surface area contributed by atoms with E-state index in [0.29, 0.717) is 17.6 Å². The van der Waals surface area contributed by atoms with Crippen molar-refractivity contribution in [1.29, 1.82) is 0 Å². The molecule has 0 bridgehead atoms. The number of aromatic nitrogens is 1. The van der Waals surface area contributed by atoms with Crippen molar-refractivity contribution in [3.8, 4) is 0 Å². The first-order valence-corrected chi connectivity index (χ1v) is 4.60. The number of nitrogens with one attached hydrogen (secondary N) is 1. The Bertz CT molecular complexity index is 317. The molecule has 0 fully saturated rings. The van der Waals surface area contributed by atoms with Gasteiger partial charge >= 0.3 is 0 Å². The Labute approximate surface area is 87.2 Å². The van der Waals surface area contributed by atoms with Crippen LogP contribution in [-0.4, -0.2) is 24.1 Å². The minimum atomic E-state index is -0.235. The van der Waals surface area contributed by atoms with Crippen LogP contribution in [0.4, 0.5) is 5.82 Å². The molecule has 4 nitrogen and oxygen atoms in total. The van der Waals surface area contributed by atoms with Gasteiger partial charge in [-0.3, -0.25) is 4.79 Å². The zero-order valence-electron chi connectivity index (χ0n) is 7.79. The Morgan fingerprint density at radius 2 is 2.43 bits per heavy atom. The van der Waals surface area contributed by atoms with Crippen molar-refractivity contribution in [2.24, 2.45) is 0 Å². The first-order valence-electron chi connectivity index (χ1n) is 4.22. The lowest BCUT2D eigenvalue weighted by Crippen LogP contribution is -2.18. The maximum Gasteiger partial charge on any atom is 0.251 e. The number of halogens is 1. The normalized spacial score (nSPS) is 9.86. The maximum absolute atomic E-state index is 11.2. The summed E-state index contributed by atoms with van der Waals surface area (Å²) >= 11 is 5.64. The summed E-state index contributed by atoms with van der Waals surface area (Å²) in [6.45, 7) is 2.37. The van der Waals surface area contributed by atoms with Crippen molar-refractivity contribution >= 4 is 23.3 Å². The topological polar surface area (TPSA) is 51.2 Å². The van der Waals surface area contributed by atoms with Gasteiger partial charge in [-0.1, -0.05) is 17.7 Å². The van der Waals surface area contributed by atoms with Gasteiger partial charge in [0.25, 0.3) is 5.91 Å². The van der Waals surface area contributed by atoms with Crippen LogP contribution >= 0.6 is 11.6 Å². The molecule has 0 aliphatic rings. The number of carbonyl (C=O) groups excluding carboxylic acids is 1. The Morgan fingerprint density at radius 3 is 3.07 bits per heavy atom. The molecule has 0 saturated carbocycles. The molecule has 0 spiro atoms. The van der Waals surface area contributed by atoms with Crippen molar-refractivity contribution < 1.29 is 9.53 Å². The number of ether oxygens (including phenoxy) is 1. The molecule has 1 amide bonds. The van der Waals surface area contributed by atoms with Gasteiger partial charge in [-0.15, -0.1) is 0 Å². The van der Waals surface area contributed by atoms with Crippen LogP contribution in [-0.2, 0) is 9.53 Å². The highest BCUT2D eigenvalue weighted by Crippen LogP contribution is 2.08. The molecule has 0 atom stereocenters. The van der Waals surface area contributed by atoms with Gasteiger partial charge in [0.1, 0.15) is 17.6 Å².